The number of nitrogens with two attached hydrogens (primary N) is 1. The molecule has 1 aromatic carbocycles. The Morgan fingerprint density at radius 3 is 2.60 bits per heavy atom. The maximum absolute atomic E-state index is 13.0. The fourth-order valence-electron chi connectivity index (χ4n) is 1.95. The number of nitrogens with zero attached hydrogens (tertiary/aromatic N) is 2. The van der Waals surface area contributed by atoms with E-state index in [1.165, 1.54) is 12.1 Å². The fraction of sp³-hybridized carbons (Fsp3) is 0.0667. The molecule has 0 amide bonds. The van der Waals surface area contributed by atoms with Crippen LogP contribution in [0.1, 0.15) is 4.88 Å². The lowest BCUT2D eigenvalue weighted by molar-refractivity contribution is 0.628. The molecule has 2 aromatic heterocycles. The minimum atomic E-state index is -0.251. The molecule has 0 radical (unpaired) electrons. The van der Waals surface area contributed by atoms with E-state index in [1.807, 2.05) is 6.92 Å². The molecule has 3 rings (SSSR count). The van der Waals surface area contributed by atoms with Gasteiger partial charge in [0.25, 0.3) is 0 Å². The van der Waals surface area contributed by atoms with Gasteiger partial charge in [0.05, 0.1) is 5.69 Å². The standard InChI is InChI=1S/C15H12FN3S/c1-9-14(10-2-4-11(16)5-3-10)19-15(20-9)13-8-12(17)6-7-18-13/h2-8H,1H3,(H2,17,18). The van der Waals surface area contributed by atoms with Crippen LogP contribution < -0.4 is 5.73 Å². The summed E-state index contributed by atoms with van der Waals surface area (Å²) in [6.45, 7) is 1.99. The number of aromatic nitrogens is 2. The third-order valence-corrected chi connectivity index (χ3v) is 3.91. The van der Waals surface area contributed by atoms with Gasteiger partial charge in [0.2, 0.25) is 0 Å². The van der Waals surface area contributed by atoms with E-state index < -0.39 is 0 Å². The zero-order chi connectivity index (χ0) is 14.1. The number of pyridine rings is 1. The lowest BCUT2D eigenvalue weighted by Gasteiger charge is -1.98. The molecular weight excluding hydrogens is 273 g/mol. The van der Waals surface area contributed by atoms with Crippen LogP contribution in [0.15, 0.2) is 42.6 Å². The van der Waals surface area contributed by atoms with Gasteiger partial charge in [-0.1, -0.05) is 0 Å². The lowest BCUT2D eigenvalue weighted by atomic mass is 10.1. The van der Waals surface area contributed by atoms with Crippen LogP contribution in [-0.2, 0) is 0 Å². The highest BCUT2D eigenvalue weighted by Gasteiger charge is 2.12. The largest absolute Gasteiger partial charge is 0.399 e. The van der Waals surface area contributed by atoms with Crippen molar-refractivity contribution in [2.24, 2.45) is 0 Å². The summed E-state index contributed by atoms with van der Waals surface area (Å²) >= 11 is 1.55. The second kappa shape index (κ2) is 5.02. The summed E-state index contributed by atoms with van der Waals surface area (Å²) in [5.74, 6) is -0.251. The number of hydrogen-bond donors (Lipinski definition) is 1. The summed E-state index contributed by atoms with van der Waals surface area (Å²) < 4.78 is 13.0. The molecule has 0 spiro atoms. The summed E-state index contributed by atoms with van der Waals surface area (Å²) in [6, 6.07) is 9.87. The Hall–Kier alpha value is -2.27. The summed E-state index contributed by atoms with van der Waals surface area (Å²) in [5, 5.41) is 0.814. The topological polar surface area (TPSA) is 51.8 Å². The molecule has 100 valence electrons. The van der Waals surface area contributed by atoms with Gasteiger partial charge in [-0.05, 0) is 43.3 Å². The fourth-order valence-corrected chi connectivity index (χ4v) is 2.85. The van der Waals surface area contributed by atoms with Crippen molar-refractivity contribution in [2.75, 3.05) is 5.73 Å². The Balaban J connectivity index is 2.05. The quantitative estimate of drug-likeness (QED) is 0.777. The molecule has 0 unspecified atom stereocenters. The number of thiazole rings is 1. The van der Waals surface area contributed by atoms with Gasteiger partial charge in [0.15, 0.2) is 0 Å². The van der Waals surface area contributed by atoms with E-state index in [1.54, 1.807) is 41.8 Å². The molecule has 2 N–H and O–H groups in total. The Bertz CT molecular complexity index is 750. The molecule has 0 saturated carbocycles. The van der Waals surface area contributed by atoms with Gasteiger partial charge in [-0.25, -0.2) is 9.37 Å². The van der Waals surface area contributed by atoms with E-state index in [-0.39, 0.29) is 5.82 Å². The number of nitrogen functional groups attached to an aromatic ring is 1. The minimum absolute atomic E-state index is 0.251. The molecule has 0 aliphatic carbocycles. The molecular formula is C15H12FN3S. The van der Waals surface area contributed by atoms with Crippen LogP contribution in [0.2, 0.25) is 0 Å². The van der Waals surface area contributed by atoms with Crippen molar-refractivity contribution in [1.29, 1.82) is 0 Å². The first kappa shape index (κ1) is 12.7. The maximum atomic E-state index is 13.0. The van der Waals surface area contributed by atoms with Gasteiger partial charge in [-0.2, -0.15) is 0 Å². The van der Waals surface area contributed by atoms with Crippen molar-refractivity contribution < 1.29 is 4.39 Å². The average Bonchev–Trinajstić information content (AvgIpc) is 2.82. The number of anilines is 1. The Labute approximate surface area is 119 Å². The monoisotopic (exact) mass is 285 g/mol. The molecule has 0 aliphatic rings. The number of hydrogen-bond acceptors (Lipinski definition) is 4. The number of aryl methyl sites for hydroxylation is 1. The molecule has 0 atom stereocenters. The minimum Gasteiger partial charge on any atom is -0.399 e. The highest BCUT2D eigenvalue weighted by Crippen LogP contribution is 2.32. The molecule has 0 aliphatic heterocycles. The first-order valence-electron chi connectivity index (χ1n) is 6.09. The second-order valence-corrected chi connectivity index (χ2v) is 5.61. The molecule has 3 aromatic rings. The van der Waals surface area contributed by atoms with Crippen LogP contribution in [0.25, 0.3) is 22.0 Å². The Kier molecular flexibility index (Phi) is 3.20. The Morgan fingerprint density at radius 2 is 1.90 bits per heavy atom. The van der Waals surface area contributed by atoms with E-state index in [4.69, 9.17) is 5.73 Å². The zero-order valence-electron chi connectivity index (χ0n) is 10.8. The van der Waals surface area contributed by atoms with Gasteiger partial charge in [-0.15, -0.1) is 11.3 Å². The predicted molar refractivity (Wildman–Crippen MR) is 79.9 cm³/mol. The molecule has 5 heteroatoms. The SMILES string of the molecule is Cc1sc(-c2cc(N)ccn2)nc1-c1ccc(F)cc1. The van der Waals surface area contributed by atoms with E-state index >= 15 is 0 Å². The molecule has 3 nitrogen and oxygen atoms in total. The zero-order valence-corrected chi connectivity index (χ0v) is 11.6. The van der Waals surface area contributed by atoms with Gasteiger partial charge >= 0.3 is 0 Å². The van der Waals surface area contributed by atoms with Gasteiger partial charge in [0.1, 0.15) is 16.5 Å². The second-order valence-electron chi connectivity index (χ2n) is 4.41. The molecule has 0 saturated heterocycles. The van der Waals surface area contributed by atoms with Gasteiger partial charge in [-0.3, -0.25) is 4.98 Å². The van der Waals surface area contributed by atoms with Crippen LogP contribution in [0.4, 0.5) is 10.1 Å². The summed E-state index contributed by atoms with van der Waals surface area (Å²) in [6.07, 6.45) is 1.67. The van der Waals surface area contributed by atoms with E-state index in [2.05, 4.69) is 9.97 Å². The average molecular weight is 285 g/mol. The molecule has 2 heterocycles. The highest BCUT2D eigenvalue weighted by atomic mass is 32.1. The van der Waals surface area contributed by atoms with Gasteiger partial charge in [0, 0.05) is 22.3 Å². The van der Waals surface area contributed by atoms with Crippen LogP contribution in [0.5, 0.6) is 0 Å². The van der Waals surface area contributed by atoms with Crippen molar-refractivity contribution in [1.82, 2.24) is 9.97 Å². The number of rotatable bonds is 2. The first-order chi connectivity index (χ1) is 9.63. The van der Waals surface area contributed by atoms with Crippen molar-refractivity contribution in [3.8, 4) is 22.0 Å². The van der Waals surface area contributed by atoms with Crippen molar-refractivity contribution >= 4 is 17.0 Å². The summed E-state index contributed by atoms with van der Waals surface area (Å²) in [7, 11) is 0. The molecule has 0 bridgehead atoms. The third-order valence-electron chi connectivity index (χ3n) is 2.92. The molecule has 20 heavy (non-hydrogen) atoms. The number of benzene rings is 1. The lowest BCUT2D eigenvalue weighted by Crippen LogP contribution is -1.88. The van der Waals surface area contributed by atoms with Crippen LogP contribution in [0.3, 0.4) is 0 Å². The summed E-state index contributed by atoms with van der Waals surface area (Å²) in [5.41, 5.74) is 8.93. The van der Waals surface area contributed by atoms with Crippen molar-refractivity contribution in [3.05, 3.63) is 53.3 Å². The predicted octanol–water partition coefficient (Wildman–Crippen LogP) is 3.90. The van der Waals surface area contributed by atoms with Gasteiger partial charge < -0.3 is 5.73 Å². The Morgan fingerprint density at radius 1 is 1.15 bits per heavy atom. The smallest absolute Gasteiger partial charge is 0.142 e. The summed E-state index contributed by atoms with van der Waals surface area (Å²) in [4.78, 5) is 9.94. The van der Waals surface area contributed by atoms with E-state index in [0.29, 0.717) is 5.69 Å². The molecule has 0 fully saturated rings. The van der Waals surface area contributed by atoms with Crippen molar-refractivity contribution in [3.63, 3.8) is 0 Å². The van der Waals surface area contributed by atoms with Crippen LogP contribution >= 0.6 is 11.3 Å². The number of halogens is 1. The van der Waals surface area contributed by atoms with Crippen molar-refractivity contribution in [2.45, 2.75) is 6.92 Å². The first-order valence-corrected chi connectivity index (χ1v) is 6.90. The highest BCUT2D eigenvalue weighted by molar-refractivity contribution is 7.15. The van der Waals surface area contributed by atoms with Crippen LogP contribution in [-0.4, -0.2) is 9.97 Å². The van der Waals surface area contributed by atoms with E-state index in [0.717, 1.165) is 26.8 Å². The normalized spacial score (nSPS) is 10.7. The van der Waals surface area contributed by atoms with Crippen LogP contribution in [0, 0.1) is 12.7 Å². The third kappa shape index (κ3) is 2.40. The van der Waals surface area contributed by atoms with E-state index in [9.17, 15) is 4.39 Å². The maximum Gasteiger partial charge on any atom is 0.142 e.